The van der Waals surface area contributed by atoms with E-state index in [1.165, 1.54) is 0 Å². The van der Waals surface area contributed by atoms with Gasteiger partial charge in [0.15, 0.2) is 17.0 Å². The van der Waals surface area contributed by atoms with E-state index < -0.39 is 5.54 Å². The number of hydrogen-bond acceptors (Lipinski definition) is 7. The SMILES string of the molecule is C=CC[C@]1(C(=O)NCc2cccc(OC)c2OC)COC(c2ccc(OCCCO)cc2)=N1. The summed E-state index contributed by atoms with van der Waals surface area (Å²) in [7, 11) is 3.13. The summed E-state index contributed by atoms with van der Waals surface area (Å²) in [5, 5.41) is 11.8. The Morgan fingerprint density at radius 3 is 2.70 bits per heavy atom. The van der Waals surface area contributed by atoms with E-state index in [1.807, 2.05) is 24.3 Å². The number of aliphatic imine (C=N–C) groups is 1. The molecule has 8 heteroatoms. The number of aliphatic hydroxyl groups excluding tert-OH is 1. The molecule has 0 spiro atoms. The molecule has 0 fully saturated rings. The number of aliphatic hydroxyl groups is 1. The maximum atomic E-state index is 13.2. The van der Waals surface area contributed by atoms with Gasteiger partial charge < -0.3 is 29.4 Å². The van der Waals surface area contributed by atoms with Gasteiger partial charge in [-0.3, -0.25) is 4.79 Å². The van der Waals surface area contributed by atoms with Crippen molar-refractivity contribution in [2.45, 2.75) is 24.9 Å². The zero-order valence-electron chi connectivity index (χ0n) is 19.0. The summed E-state index contributed by atoms with van der Waals surface area (Å²) < 4.78 is 22.2. The van der Waals surface area contributed by atoms with Crippen LogP contribution in [0.3, 0.4) is 0 Å². The Hall–Kier alpha value is -3.52. The second kappa shape index (κ2) is 11.4. The number of carbonyl (C=O) groups is 1. The van der Waals surface area contributed by atoms with Crippen molar-refractivity contribution in [1.29, 1.82) is 0 Å². The largest absolute Gasteiger partial charge is 0.494 e. The van der Waals surface area contributed by atoms with Gasteiger partial charge in [-0.2, -0.15) is 0 Å². The molecule has 176 valence electrons. The second-order valence-corrected chi connectivity index (χ2v) is 7.52. The van der Waals surface area contributed by atoms with Gasteiger partial charge in [-0.1, -0.05) is 18.2 Å². The van der Waals surface area contributed by atoms with Crippen molar-refractivity contribution in [2.24, 2.45) is 4.99 Å². The first-order valence-electron chi connectivity index (χ1n) is 10.7. The maximum Gasteiger partial charge on any atom is 0.252 e. The lowest BCUT2D eigenvalue weighted by atomic mass is 9.96. The fraction of sp³-hybridized carbons (Fsp3) is 0.360. The summed E-state index contributed by atoms with van der Waals surface area (Å²) in [6.07, 6.45) is 2.57. The van der Waals surface area contributed by atoms with Crippen LogP contribution in [0.25, 0.3) is 0 Å². The summed E-state index contributed by atoms with van der Waals surface area (Å²) in [4.78, 5) is 17.9. The number of carbonyl (C=O) groups excluding carboxylic acids is 1. The van der Waals surface area contributed by atoms with E-state index in [2.05, 4.69) is 16.9 Å². The number of nitrogens with zero attached hydrogens (tertiary/aromatic N) is 1. The van der Waals surface area contributed by atoms with Gasteiger partial charge in [-0.15, -0.1) is 6.58 Å². The first-order chi connectivity index (χ1) is 16.1. The molecule has 1 heterocycles. The number of nitrogens with one attached hydrogen (secondary N) is 1. The minimum absolute atomic E-state index is 0.0841. The highest BCUT2D eigenvalue weighted by Gasteiger charge is 2.43. The first-order valence-corrected chi connectivity index (χ1v) is 10.7. The van der Waals surface area contributed by atoms with E-state index in [4.69, 9.17) is 24.1 Å². The molecule has 0 bridgehead atoms. The van der Waals surface area contributed by atoms with Gasteiger partial charge in [0.25, 0.3) is 5.91 Å². The summed E-state index contributed by atoms with van der Waals surface area (Å²) in [6.45, 7) is 4.68. The van der Waals surface area contributed by atoms with E-state index in [0.717, 1.165) is 11.1 Å². The minimum Gasteiger partial charge on any atom is -0.494 e. The third-order valence-electron chi connectivity index (χ3n) is 5.26. The molecule has 0 radical (unpaired) electrons. The number of ether oxygens (including phenoxy) is 4. The molecule has 8 nitrogen and oxygen atoms in total. The quantitative estimate of drug-likeness (QED) is 0.378. The third kappa shape index (κ3) is 5.64. The van der Waals surface area contributed by atoms with Crippen molar-refractivity contribution in [2.75, 3.05) is 34.0 Å². The van der Waals surface area contributed by atoms with Crippen molar-refractivity contribution in [1.82, 2.24) is 5.32 Å². The van der Waals surface area contributed by atoms with Crippen molar-refractivity contribution < 1.29 is 28.8 Å². The van der Waals surface area contributed by atoms with Crippen LogP contribution in [-0.2, 0) is 16.1 Å². The molecule has 1 aliphatic heterocycles. The Bertz CT molecular complexity index is 989. The number of hydrogen-bond donors (Lipinski definition) is 2. The molecule has 3 rings (SSSR count). The molecule has 0 saturated carbocycles. The number of para-hydroxylation sites is 1. The van der Waals surface area contributed by atoms with Crippen molar-refractivity contribution >= 4 is 11.8 Å². The Kier molecular flexibility index (Phi) is 8.32. The van der Waals surface area contributed by atoms with Crippen LogP contribution in [0.5, 0.6) is 17.2 Å². The van der Waals surface area contributed by atoms with E-state index >= 15 is 0 Å². The molecule has 2 N–H and O–H groups in total. The van der Waals surface area contributed by atoms with Gasteiger partial charge in [-0.05, 0) is 30.3 Å². The Morgan fingerprint density at radius 2 is 2.03 bits per heavy atom. The normalized spacial score (nSPS) is 17.0. The zero-order chi connectivity index (χ0) is 23.7. The lowest BCUT2D eigenvalue weighted by Gasteiger charge is -2.22. The molecular weight excluding hydrogens is 424 g/mol. The summed E-state index contributed by atoms with van der Waals surface area (Å²) in [6, 6.07) is 12.8. The predicted octanol–water partition coefficient (Wildman–Crippen LogP) is 2.87. The fourth-order valence-corrected chi connectivity index (χ4v) is 3.53. The lowest BCUT2D eigenvalue weighted by Crippen LogP contribution is -2.46. The highest BCUT2D eigenvalue weighted by molar-refractivity contribution is 6.00. The number of benzene rings is 2. The van der Waals surface area contributed by atoms with Crippen LogP contribution >= 0.6 is 0 Å². The Morgan fingerprint density at radius 1 is 1.24 bits per heavy atom. The van der Waals surface area contributed by atoms with Gasteiger partial charge in [0.05, 0.1) is 20.8 Å². The predicted molar refractivity (Wildman–Crippen MR) is 125 cm³/mol. The average Bonchev–Trinajstić information content (AvgIpc) is 3.28. The minimum atomic E-state index is -1.10. The number of rotatable bonds is 12. The highest BCUT2D eigenvalue weighted by Crippen LogP contribution is 2.31. The molecule has 33 heavy (non-hydrogen) atoms. The molecule has 0 aromatic heterocycles. The van der Waals surface area contributed by atoms with Crippen molar-refractivity contribution in [3.63, 3.8) is 0 Å². The van der Waals surface area contributed by atoms with Crippen molar-refractivity contribution in [3.8, 4) is 17.2 Å². The Labute approximate surface area is 193 Å². The molecular formula is C25H30N2O6. The van der Waals surface area contributed by atoms with Gasteiger partial charge in [0.2, 0.25) is 5.90 Å². The van der Waals surface area contributed by atoms with Crippen molar-refractivity contribution in [3.05, 3.63) is 66.2 Å². The molecule has 0 saturated heterocycles. The monoisotopic (exact) mass is 454 g/mol. The topological polar surface area (TPSA) is 98.6 Å². The van der Waals surface area contributed by atoms with Gasteiger partial charge in [0.1, 0.15) is 12.4 Å². The maximum absolute atomic E-state index is 13.2. The summed E-state index contributed by atoms with van der Waals surface area (Å²) >= 11 is 0. The number of amides is 1. The Balaban J connectivity index is 1.73. The number of methoxy groups -OCH3 is 2. The van der Waals surface area contributed by atoms with E-state index in [1.54, 1.807) is 38.5 Å². The molecule has 1 amide bonds. The molecule has 1 aliphatic rings. The molecule has 0 unspecified atom stereocenters. The summed E-state index contributed by atoms with van der Waals surface area (Å²) in [5.74, 6) is 2.00. The van der Waals surface area contributed by atoms with E-state index in [0.29, 0.717) is 42.6 Å². The van der Waals surface area contributed by atoms with Crippen LogP contribution in [-0.4, -0.2) is 56.5 Å². The van der Waals surface area contributed by atoms with Gasteiger partial charge in [-0.25, -0.2) is 4.99 Å². The van der Waals surface area contributed by atoms with Crippen LogP contribution in [0.1, 0.15) is 24.0 Å². The molecule has 0 aliphatic carbocycles. The average molecular weight is 455 g/mol. The molecule has 2 aromatic rings. The lowest BCUT2D eigenvalue weighted by molar-refractivity contribution is -0.126. The van der Waals surface area contributed by atoms with Crippen LogP contribution in [0.15, 0.2) is 60.1 Å². The van der Waals surface area contributed by atoms with E-state index in [-0.39, 0.29) is 25.7 Å². The van der Waals surface area contributed by atoms with Gasteiger partial charge >= 0.3 is 0 Å². The van der Waals surface area contributed by atoms with Crippen LogP contribution in [0, 0.1) is 0 Å². The highest BCUT2D eigenvalue weighted by atomic mass is 16.5. The summed E-state index contributed by atoms with van der Waals surface area (Å²) in [5.41, 5.74) is 0.441. The standard InChI is InChI=1S/C25H30N2O6/c1-4-13-25(24(29)26-16-19-7-5-8-21(30-2)22(19)31-3)17-33-23(27-25)18-9-11-20(12-10-18)32-15-6-14-28/h4-5,7-12,28H,1,6,13-17H2,2-3H3,(H,26,29)/t25-/m1/s1. The van der Waals surface area contributed by atoms with E-state index in [9.17, 15) is 4.79 Å². The van der Waals surface area contributed by atoms with Crippen LogP contribution in [0.4, 0.5) is 0 Å². The smallest absolute Gasteiger partial charge is 0.252 e. The van der Waals surface area contributed by atoms with Crippen LogP contribution in [0.2, 0.25) is 0 Å². The molecule has 1 atom stereocenters. The fourth-order valence-electron chi connectivity index (χ4n) is 3.53. The first kappa shape index (κ1) is 24.1. The third-order valence-corrected chi connectivity index (χ3v) is 5.26. The zero-order valence-corrected chi connectivity index (χ0v) is 19.0. The van der Waals surface area contributed by atoms with Crippen LogP contribution < -0.4 is 19.5 Å². The second-order valence-electron chi connectivity index (χ2n) is 7.52. The van der Waals surface area contributed by atoms with Gasteiger partial charge in [0, 0.05) is 37.1 Å². The molecule has 2 aromatic carbocycles.